The summed E-state index contributed by atoms with van der Waals surface area (Å²) in [5.41, 5.74) is 0. The van der Waals surface area contributed by atoms with E-state index in [4.69, 9.17) is 0 Å². The van der Waals surface area contributed by atoms with E-state index in [9.17, 15) is 0 Å². The summed E-state index contributed by atoms with van der Waals surface area (Å²) in [7, 11) is 0. The summed E-state index contributed by atoms with van der Waals surface area (Å²) in [4.78, 5) is 0.891. The van der Waals surface area contributed by atoms with Gasteiger partial charge < -0.3 is 0 Å². The zero-order valence-corrected chi connectivity index (χ0v) is 8.07. The number of benzene rings is 1. The first kappa shape index (κ1) is 8.67. The molecule has 0 aliphatic carbocycles. The standard InChI is InChI=1S/C6H5S.Y/c7-6-4-2-1-3-5-6;/h1-4,7H;/q-1;. The van der Waals surface area contributed by atoms with E-state index < -0.39 is 0 Å². The van der Waals surface area contributed by atoms with Crippen LogP contribution in [0.4, 0.5) is 0 Å². The van der Waals surface area contributed by atoms with Crippen LogP contribution in [0.5, 0.6) is 0 Å². The molecule has 2 heteroatoms. The Labute approximate surface area is 80.0 Å². The van der Waals surface area contributed by atoms with Crippen molar-refractivity contribution >= 4 is 12.6 Å². The third kappa shape index (κ3) is 2.86. The van der Waals surface area contributed by atoms with Crippen molar-refractivity contribution in [3.8, 4) is 0 Å². The van der Waals surface area contributed by atoms with E-state index >= 15 is 0 Å². The molecular weight excluding hydrogens is 193 g/mol. The van der Waals surface area contributed by atoms with Crippen molar-refractivity contribution in [1.82, 2.24) is 0 Å². The molecule has 0 fully saturated rings. The molecule has 0 saturated heterocycles. The van der Waals surface area contributed by atoms with E-state index in [1.54, 1.807) is 0 Å². The molecule has 0 atom stereocenters. The maximum atomic E-state index is 4.03. The molecule has 1 rings (SSSR count). The average molecular weight is 198 g/mol. The van der Waals surface area contributed by atoms with Crippen molar-refractivity contribution in [2.24, 2.45) is 0 Å². The number of hydrogen-bond acceptors (Lipinski definition) is 1. The fourth-order valence-corrected chi connectivity index (χ4v) is 0.544. The summed E-state index contributed by atoms with van der Waals surface area (Å²) < 4.78 is 0. The number of hydrogen-bond donors (Lipinski definition) is 1. The Morgan fingerprint density at radius 3 is 2.38 bits per heavy atom. The Balaban J connectivity index is 0.000000490. The van der Waals surface area contributed by atoms with E-state index in [1.807, 2.05) is 24.3 Å². The minimum Gasteiger partial charge on any atom is -0.176 e. The normalized spacial score (nSPS) is 7.62. The summed E-state index contributed by atoms with van der Waals surface area (Å²) in [5.74, 6) is 0. The van der Waals surface area contributed by atoms with Gasteiger partial charge in [0.1, 0.15) is 0 Å². The summed E-state index contributed by atoms with van der Waals surface area (Å²) in [6.45, 7) is 0. The van der Waals surface area contributed by atoms with E-state index in [-0.39, 0.29) is 32.7 Å². The molecule has 39 valence electrons. The molecule has 0 aliphatic heterocycles. The van der Waals surface area contributed by atoms with Crippen LogP contribution in [0.1, 0.15) is 0 Å². The van der Waals surface area contributed by atoms with Gasteiger partial charge in [-0.1, -0.05) is 0 Å². The van der Waals surface area contributed by atoms with Crippen LogP contribution in [0, 0.1) is 6.07 Å². The third-order valence-corrected chi connectivity index (χ3v) is 0.971. The summed E-state index contributed by atoms with van der Waals surface area (Å²) in [6, 6.07) is 10.5. The zero-order chi connectivity index (χ0) is 5.11. The second-order valence-corrected chi connectivity index (χ2v) is 1.73. The van der Waals surface area contributed by atoms with Crippen molar-refractivity contribution in [2.45, 2.75) is 4.90 Å². The van der Waals surface area contributed by atoms with Crippen LogP contribution in [-0.2, 0) is 32.7 Å². The van der Waals surface area contributed by atoms with Gasteiger partial charge in [0, 0.05) is 32.7 Å². The van der Waals surface area contributed by atoms with Gasteiger partial charge in [0.05, 0.1) is 0 Å². The topological polar surface area (TPSA) is 0 Å². The van der Waals surface area contributed by atoms with Gasteiger partial charge in [-0.15, -0.1) is 4.90 Å². The molecular formula is C6H5SY-. The molecule has 1 aromatic carbocycles. The SMILES string of the molecule is Sc1[c-]cccc1.[Y]. The van der Waals surface area contributed by atoms with Crippen LogP contribution in [0.25, 0.3) is 0 Å². The predicted molar refractivity (Wildman–Crippen MR) is 32.5 cm³/mol. The molecule has 0 amide bonds. The molecule has 0 heterocycles. The van der Waals surface area contributed by atoms with Gasteiger partial charge in [0.15, 0.2) is 0 Å². The van der Waals surface area contributed by atoms with Crippen molar-refractivity contribution in [3.63, 3.8) is 0 Å². The van der Waals surface area contributed by atoms with Crippen LogP contribution in [0.3, 0.4) is 0 Å². The number of rotatable bonds is 0. The van der Waals surface area contributed by atoms with Crippen molar-refractivity contribution < 1.29 is 32.7 Å². The smallest absolute Gasteiger partial charge is 0 e. The van der Waals surface area contributed by atoms with Crippen LogP contribution in [-0.4, -0.2) is 0 Å². The Bertz CT molecular complexity index is 138. The van der Waals surface area contributed by atoms with Gasteiger partial charge >= 0.3 is 0 Å². The summed E-state index contributed by atoms with van der Waals surface area (Å²) in [5, 5.41) is 0. The van der Waals surface area contributed by atoms with E-state index in [1.165, 1.54) is 0 Å². The molecule has 0 aliphatic rings. The van der Waals surface area contributed by atoms with Gasteiger partial charge in [0.25, 0.3) is 0 Å². The van der Waals surface area contributed by atoms with Crippen molar-refractivity contribution in [2.75, 3.05) is 0 Å². The maximum Gasteiger partial charge on any atom is 0 e. The molecule has 1 aromatic rings. The minimum atomic E-state index is 0. The Morgan fingerprint density at radius 1 is 1.38 bits per heavy atom. The van der Waals surface area contributed by atoms with Crippen LogP contribution in [0.2, 0.25) is 0 Å². The van der Waals surface area contributed by atoms with Crippen LogP contribution < -0.4 is 0 Å². The summed E-state index contributed by atoms with van der Waals surface area (Å²) >= 11 is 4.03. The monoisotopic (exact) mass is 198 g/mol. The molecule has 0 saturated carbocycles. The van der Waals surface area contributed by atoms with Crippen molar-refractivity contribution in [1.29, 1.82) is 0 Å². The molecule has 0 N–H and O–H groups in total. The molecule has 8 heavy (non-hydrogen) atoms. The Kier molecular flexibility index (Phi) is 4.93. The van der Waals surface area contributed by atoms with Gasteiger partial charge in [-0.3, -0.25) is 0 Å². The zero-order valence-electron chi connectivity index (χ0n) is 4.33. The first-order chi connectivity index (χ1) is 3.39. The van der Waals surface area contributed by atoms with Crippen LogP contribution >= 0.6 is 12.6 Å². The molecule has 0 aromatic heterocycles. The quantitative estimate of drug-likeness (QED) is 0.476. The molecule has 0 nitrogen and oxygen atoms in total. The van der Waals surface area contributed by atoms with E-state index in [0.29, 0.717) is 0 Å². The minimum absolute atomic E-state index is 0. The Morgan fingerprint density at radius 2 is 2.12 bits per heavy atom. The van der Waals surface area contributed by atoms with Gasteiger partial charge in [-0.2, -0.15) is 43.0 Å². The average Bonchev–Trinajstić information content (AvgIpc) is 1.69. The first-order valence-corrected chi connectivity index (χ1v) is 2.50. The van der Waals surface area contributed by atoms with Crippen molar-refractivity contribution in [3.05, 3.63) is 30.3 Å². The van der Waals surface area contributed by atoms with E-state index in [0.717, 1.165) is 4.90 Å². The Hall–Kier alpha value is 0.674. The maximum absolute atomic E-state index is 4.03. The molecule has 0 unspecified atom stereocenters. The molecule has 1 radical (unpaired) electrons. The number of thiol groups is 1. The van der Waals surface area contributed by atoms with Crippen LogP contribution in [0.15, 0.2) is 29.2 Å². The van der Waals surface area contributed by atoms with Gasteiger partial charge in [-0.25, -0.2) is 0 Å². The first-order valence-electron chi connectivity index (χ1n) is 2.05. The fourth-order valence-electron chi connectivity index (χ4n) is 0.384. The molecule has 0 bridgehead atoms. The molecule has 0 spiro atoms. The third-order valence-electron chi connectivity index (χ3n) is 0.693. The van der Waals surface area contributed by atoms with E-state index in [2.05, 4.69) is 18.7 Å². The second kappa shape index (κ2) is 4.54. The fraction of sp³-hybridized carbons (Fsp3) is 0. The largest absolute Gasteiger partial charge is 0.176 e. The van der Waals surface area contributed by atoms with Gasteiger partial charge in [0.2, 0.25) is 0 Å². The predicted octanol–water partition coefficient (Wildman–Crippen LogP) is 1.77. The summed E-state index contributed by atoms with van der Waals surface area (Å²) in [6.07, 6.45) is 0. The second-order valence-electron chi connectivity index (χ2n) is 1.25. The van der Waals surface area contributed by atoms with Gasteiger partial charge in [-0.05, 0) is 0 Å².